The zero-order chi connectivity index (χ0) is 14.7. The summed E-state index contributed by atoms with van der Waals surface area (Å²) >= 11 is 1.28. The van der Waals surface area contributed by atoms with Gasteiger partial charge in [0.25, 0.3) is 10.0 Å². The summed E-state index contributed by atoms with van der Waals surface area (Å²) < 4.78 is 26.9. The van der Waals surface area contributed by atoms with E-state index in [9.17, 15) is 8.42 Å². The first-order valence-electron chi connectivity index (χ1n) is 6.81. The van der Waals surface area contributed by atoms with Gasteiger partial charge in [0.05, 0.1) is 0 Å². The molecule has 0 amide bonds. The lowest BCUT2D eigenvalue weighted by Gasteiger charge is -2.33. The Kier molecular flexibility index (Phi) is 4.34. The van der Waals surface area contributed by atoms with E-state index in [0.717, 1.165) is 25.2 Å². The smallest absolute Gasteiger partial charge is 0.252 e. The highest BCUT2D eigenvalue weighted by molar-refractivity contribution is 7.91. The lowest BCUT2D eigenvalue weighted by molar-refractivity contribution is 0.181. The molecule has 2 aromatic rings. The molecule has 3 rings (SSSR count). The number of sulfonamides is 1. The fourth-order valence-corrected chi connectivity index (χ4v) is 4.98. The van der Waals surface area contributed by atoms with Crippen molar-refractivity contribution < 1.29 is 8.42 Å². The summed E-state index contributed by atoms with van der Waals surface area (Å²) in [5.41, 5.74) is 1.16. The second-order valence-electron chi connectivity index (χ2n) is 4.97. The first-order valence-corrected chi connectivity index (χ1v) is 9.13. The topological polar surface area (TPSA) is 53.5 Å². The number of hydrogen-bond acceptors (Lipinski definition) is 5. The lowest BCUT2D eigenvalue weighted by Crippen LogP contribution is -2.48. The van der Waals surface area contributed by atoms with Gasteiger partial charge < -0.3 is 0 Å². The molecule has 0 atom stereocenters. The van der Waals surface area contributed by atoms with E-state index in [-0.39, 0.29) is 0 Å². The Balaban J connectivity index is 1.61. The molecule has 1 aliphatic heterocycles. The van der Waals surface area contributed by atoms with Crippen molar-refractivity contribution in [1.82, 2.24) is 14.2 Å². The Morgan fingerprint density at radius 2 is 1.95 bits per heavy atom. The van der Waals surface area contributed by atoms with Crippen molar-refractivity contribution in [3.05, 3.63) is 47.6 Å². The molecular weight excluding hydrogens is 306 g/mol. The van der Waals surface area contributed by atoms with Crippen LogP contribution in [0.2, 0.25) is 0 Å². The molecule has 0 saturated carbocycles. The minimum absolute atomic E-state index is 0.434. The zero-order valence-corrected chi connectivity index (χ0v) is 13.2. The van der Waals surface area contributed by atoms with Crippen molar-refractivity contribution in [1.29, 1.82) is 0 Å². The molecule has 1 aliphatic rings. The maximum Gasteiger partial charge on any atom is 0.252 e. The van der Waals surface area contributed by atoms with Crippen molar-refractivity contribution in [2.45, 2.75) is 10.8 Å². The Morgan fingerprint density at radius 3 is 2.57 bits per heavy atom. The van der Waals surface area contributed by atoms with Crippen molar-refractivity contribution in [2.75, 3.05) is 26.2 Å². The first kappa shape index (κ1) is 14.6. The molecule has 7 heteroatoms. The van der Waals surface area contributed by atoms with Gasteiger partial charge in [-0.05, 0) is 23.1 Å². The molecule has 0 unspecified atom stereocenters. The van der Waals surface area contributed by atoms with Gasteiger partial charge >= 0.3 is 0 Å². The molecule has 2 aromatic heterocycles. The Morgan fingerprint density at radius 1 is 1.14 bits per heavy atom. The average molecular weight is 323 g/mol. The summed E-state index contributed by atoms with van der Waals surface area (Å²) in [4.78, 5) is 6.37. The highest BCUT2D eigenvalue weighted by Gasteiger charge is 2.28. The van der Waals surface area contributed by atoms with Gasteiger partial charge in [0.2, 0.25) is 0 Å². The third-order valence-corrected chi connectivity index (χ3v) is 6.82. The van der Waals surface area contributed by atoms with Gasteiger partial charge in [-0.1, -0.05) is 12.1 Å². The molecule has 112 valence electrons. The summed E-state index contributed by atoms with van der Waals surface area (Å²) in [5.74, 6) is 0. The summed E-state index contributed by atoms with van der Waals surface area (Å²) in [7, 11) is -3.30. The Hall–Kier alpha value is -1.28. The molecule has 3 heterocycles. The number of nitrogens with zero attached hydrogens (tertiary/aromatic N) is 3. The fraction of sp³-hybridized carbons (Fsp3) is 0.357. The number of rotatable bonds is 4. The van der Waals surface area contributed by atoms with Gasteiger partial charge in [-0.15, -0.1) is 11.3 Å². The maximum atomic E-state index is 12.4. The molecule has 0 spiro atoms. The van der Waals surface area contributed by atoms with Crippen LogP contribution in [0.25, 0.3) is 0 Å². The van der Waals surface area contributed by atoms with E-state index in [2.05, 4.69) is 9.88 Å². The van der Waals surface area contributed by atoms with E-state index in [0.29, 0.717) is 17.3 Å². The van der Waals surface area contributed by atoms with Gasteiger partial charge in [-0.3, -0.25) is 9.88 Å². The van der Waals surface area contributed by atoms with Crippen LogP contribution in [0.15, 0.2) is 46.2 Å². The van der Waals surface area contributed by atoms with E-state index in [1.54, 1.807) is 28.0 Å². The number of hydrogen-bond donors (Lipinski definition) is 0. The molecule has 1 saturated heterocycles. The van der Waals surface area contributed by atoms with Crippen LogP contribution >= 0.6 is 11.3 Å². The number of piperazine rings is 1. The molecule has 0 radical (unpaired) electrons. The fourth-order valence-electron chi connectivity index (χ4n) is 2.42. The van der Waals surface area contributed by atoms with Crippen LogP contribution in [0.4, 0.5) is 0 Å². The van der Waals surface area contributed by atoms with Gasteiger partial charge in [0.1, 0.15) is 4.21 Å². The van der Waals surface area contributed by atoms with Crippen LogP contribution in [0.3, 0.4) is 0 Å². The molecule has 1 fully saturated rings. The molecule has 0 bridgehead atoms. The van der Waals surface area contributed by atoms with Crippen LogP contribution in [-0.2, 0) is 16.6 Å². The van der Waals surface area contributed by atoms with Gasteiger partial charge in [0.15, 0.2) is 0 Å². The first-order chi connectivity index (χ1) is 10.2. The minimum Gasteiger partial charge on any atom is -0.296 e. The van der Waals surface area contributed by atoms with Crippen molar-refractivity contribution in [3.8, 4) is 0 Å². The molecule has 21 heavy (non-hydrogen) atoms. The van der Waals surface area contributed by atoms with Crippen LogP contribution < -0.4 is 0 Å². The standard InChI is InChI=1S/C14H17N3O2S2/c18-21(19,14-4-2-10-20-14)17-8-6-16(7-9-17)12-13-3-1-5-15-11-13/h1-5,10-11H,6-9,12H2. The van der Waals surface area contributed by atoms with Crippen LogP contribution in [0.5, 0.6) is 0 Å². The minimum atomic E-state index is -3.30. The SMILES string of the molecule is O=S(=O)(c1cccs1)N1CCN(Cc2cccnc2)CC1. The second-order valence-corrected chi connectivity index (χ2v) is 8.09. The molecule has 0 aliphatic carbocycles. The number of pyridine rings is 1. The second kappa shape index (κ2) is 6.23. The van der Waals surface area contributed by atoms with E-state index in [1.807, 2.05) is 18.3 Å². The van der Waals surface area contributed by atoms with E-state index in [1.165, 1.54) is 11.3 Å². The van der Waals surface area contributed by atoms with Gasteiger partial charge in [-0.25, -0.2) is 8.42 Å². The molecule has 0 N–H and O–H groups in total. The normalized spacial score (nSPS) is 17.9. The molecule has 5 nitrogen and oxygen atoms in total. The average Bonchev–Trinajstić information content (AvgIpc) is 3.04. The van der Waals surface area contributed by atoms with Crippen LogP contribution in [0.1, 0.15) is 5.56 Å². The summed E-state index contributed by atoms with van der Waals surface area (Å²) in [5, 5.41) is 1.80. The highest BCUT2D eigenvalue weighted by Crippen LogP contribution is 2.22. The Bertz CT molecular complexity index is 664. The third kappa shape index (κ3) is 3.32. The summed E-state index contributed by atoms with van der Waals surface area (Å²) in [6.07, 6.45) is 3.61. The van der Waals surface area contributed by atoms with Crippen molar-refractivity contribution in [3.63, 3.8) is 0 Å². The van der Waals surface area contributed by atoms with Crippen molar-refractivity contribution in [2.24, 2.45) is 0 Å². The van der Waals surface area contributed by atoms with E-state index >= 15 is 0 Å². The quantitative estimate of drug-likeness (QED) is 0.858. The van der Waals surface area contributed by atoms with Crippen LogP contribution in [0, 0.1) is 0 Å². The Labute approximate surface area is 128 Å². The van der Waals surface area contributed by atoms with Gasteiger partial charge in [0, 0.05) is 45.1 Å². The largest absolute Gasteiger partial charge is 0.296 e. The molecular formula is C14H17N3O2S2. The zero-order valence-electron chi connectivity index (χ0n) is 11.6. The van der Waals surface area contributed by atoms with Crippen molar-refractivity contribution >= 4 is 21.4 Å². The maximum absolute atomic E-state index is 12.4. The predicted octanol–water partition coefficient (Wildman–Crippen LogP) is 1.65. The predicted molar refractivity (Wildman–Crippen MR) is 82.6 cm³/mol. The summed E-state index contributed by atoms with van der Waals surface area (Å²) in [6, 6.07) is 7.41. The monoisotopic (exact) mass is 323 g/mol. The van der Waals surface area contributed by atoms with Crippen LogP contribution in [-0.4, -0.2) is 48.8 Å². The van der Waals surface area contributed by atoms with Gasteiger partial charge in [-0.2, -0.15) is 4.31 Å². The summed E-state index contributed by atoms with van der Waals surface area (Å²) in [6.45, 7) is 3.40. The number of aromatic nitrogens is 1. The number of thiophene rings is 1. The lowest BCUT2D eigenvalue weighted by atomic mass is 10.2. The van der Waals surface area contributed by atoms with E-state index < -0.39 is 10.0 Å². The van der Waals surface area contributed by atoms with E-state index in [4.69, 9.17) is 0 Å². The molecule has 0 aromatic carbocycles. The third-order valence-electron chi connectivity index (χ3n) is 3.55. The highest BCUT2D eigenvalue weighted by atomic mass is 32.2.